The van der Waals surface area contributed by atoms with Crippen LogP contribution in [0.25, 0.3) is 0 Å². The first-order chi connectivity index (χ1) is 13.5. The molecule has 0 aromatic carbocycles. The Morgan fingerprint density at radius 1 is 1.21 bits per heavy atom. The van der Waals surface area contributed by atoms with Crippen LogP contribution in [0.15, 0.2) is 42.9 Å². The number of aromatic nitrogens is 3. The molecule has 1 N–H and O–H groups in total. The molecule has 4 rings (SSSR count). The second-order valence-electron chi connectivity index (χ2n) is 6.84. The normalized spacial score (nSPS) is 16.4. The van der Waals surface area contributed by atoms with E-state index in [4.69, 9.17) is 0 Å². The number of hydrogen-bond donors (Lipinski definition) is 1. The maximum Gasteiger partial charge on any atom is 0.266 e. The number of carbonyl (C=O) groups excluding carboxylic acids is 2. The van der Waals surface area contributed by atoms with Crippen molar-refractivity contribution >= 4 is 29.0 Å². The number of rotatable bonds is 4. The highest BCUT2D eigenvalue weighted by Crippen LogP contribution is 2.37. The SMILES string of the molecule is Cc1ccncc1C(=O)N1CCC[C@H]1c1ccc(C(=O)Nc2ccnn2C)s1. The Morgan fingerprint density at radius 3 is 2.82 bits per heavy atom. The first-order valence-corrected chi connectivity index (χ1v) is 9.97. The number of nitrogens with one attached hydrogen (secondary N) is 1. The zero-order valence-corrected chi connectivity index (χ0v) is 16.6. The molecule has 0 unspecified atom stereocenters. The van der Waals surface area contributed by atoms with Gasteiger partial charge in [-0.25, -0.2) is 0 Å². The van der Waals surface area contributed by atoms with Gasteiger partial charge in [-0.15, -0.1) is 11.3 Å². The van der Waals surface area contributed by atoms with Crippen molar-refractivity contribution in [3.63, 3.8) is 0 Å². The van der Waals surface area contributed by atoms with E-state index in [-0.39, 0.29) is 17.9 Å². The maximum absolute atomic E-state index is 13.0. The summed E-state index contributed by atoms with van der Waals surface area (Å²) in [5, 5.41) is 6.91. The summed E-state index contributed by atoms with van der Waals surface area (Å²) in [4.78, 5) is 33.2. The van der Waals surface area contributed by atoms with Gasteiger partial charge >= 0.3 is 0 Å². The predicted octanol–water partition coefficient (Wildman–Crippen LogP) is 3.41. The predicted molar refractivity (Wildman–Crippen MR) is 107 cm³/mol. The lowest BCUT2D eigenvalue weighted by Gasteiger charge is -2.24. The molecule has 3 aromatic heterocycles. The number of thiophene rings is 1. The van der Waals surface area contributed by atoms with Gasteiger partial charge in [0.2, 0.25) is 0 Å². The number of aryl methyl sites for hydroxylation is 2. The van der Waals surface area contributed by atoms with Gasteiger partial charge in [0.25, 0.3) is 11.8 Å². The van der Waals surface area contributed by atoms with Crippen LogP contribution in [0.4, 0.5) is 5.82 Å². The van der Waals surface area contributed by atoms with Crippen LogP contribution in [0.3, 0.4) is 0 Å². The average Bonchev–Trinajstić information content (AvgIpc) is 3.42. The summed E-state index contributed by atoms with van der Waals surface area (Å²) in [7, 11) is 1.78. The molecular weight excluding hydrogens is 374 g/mol. The largest absolute Gasteiger partial charge is 0.331 e. The van der Waals surface area contributed by atoms with Gasteiger partial charge in [0.1, 0.15) is 5.82 Å². The second kappa shape index (κ2) is 7.55. The van der Waals surface area contributed by atoms with Crippen molar-refractivity contribution in [3.05, 3.63) is 63.7 Å². The maximum atomic E-state index is 13.0. The highest BCUT2D eigenvalue weighted by molar-refractivity contribution is 7.14. The topological polar surface area (TPSA) is 80.1 Å². The molecule has 144 valence electrons. The zero-order chi connectivity index (χ0) is 19.7. The highest BCUT2D eigenvalue weighted by Gasteiger charge is 2.32. The first kappa shape index (κ1) is 18.4. The molecule has 0 bridgehead atoms. The summed E-state index contributed by atoms with van der Waals surface area (Å²) >= 11 is 1.44. The summed E-state index contributed by atoms with van der Waals surface area (Å²) in [6.45, 7) is 2.64. The minimum atomic E-state index is -0.168. The van der Waals surface area contributed by atoms with Gasteiger partial charge < -0.3 is 10.2 Å². The molecule has 2 amide bonds. The Hall–Kier alpha value is -3.00. The third kappa shape index (κ3) is 3.43. The fraction of sp³-hybridized carbons (Fsp3) is 0.300. The van der Waals surface area contributed by atoms with Crippen molar-refractivity contribution in [1.82, 2.24) is 19.7 Å². The standard InChI is InChI=1S/C20H21N5O2S/c1-13-7-9-21-12-14(13)20(27)25-11-3-4-15(25)16-5-6-17(28-16)19(26)23-18-8-10-22-24(18)2/h5-10,12,15H,3-4,11H2,1-2H3,(H,23,26)/t15-/m0/s1. The Balaban J connectivity index is 1.52. The van der Waals surface area contributed by atoms with Crippen LogP contribution < -0.4 is 5.32 Å². The fourth-order valence-electron chi connectivity index (χ4n) is 3.48. The Bertz CT molecular complexity index is 1030. The first-order valence-electron chi connectivity index (χ1n) is 9.15. The Labute approximate surface area is 167 Å². The van der Waals surface area contributed by atoms with Gasteiger partial charge in [0.15, 0.2) is 0 Å². The van der Waals surface area contributed by atoms with Gasteiger partial charge in [-0.2, -0.15) is 5.10 Å². The van der Waals surface area contributed by atoms with Crippen LogP contribution in [0.1, 0.15) is 49.4 Å². The third-order valence-corrected chi connectivity index (χ3v) is 6.21. The van der Waals surface area contributed by atoms with Crippen LogP contribution >= 0.6 is 11.3 Å². The van der Waals surface area contributed by atoms with Gasteiger partial charge in [-0.1, -0.05) is 0 Å². The highest BCUT2D eigenvalue weighted by atomic mass is 32.1. The van der Waals surface area contributed by atoms with E-state index in [1.807, 2.05) is 30.0 Å². The van der Waals surface area contributed by atoms with Crippen molar-refractivity contribution in [2.24, 2.45) is 7.05 Å². The smallest absolute Gasteiger partial charge is 0.266 e. The van der Waals surface area contributed by atoms with E-state index in [2.05, 4.69) is 15.4 Å². The van der Waals surface area contributed by atoms with E-state index in [1.54, 1.807) is 36.4 Å². The number of anilines is 1. The summed E-state index contributed by atoms with van der Waals surface area (Å²) in [6, 6.07) is 7.37. The lowest BCUT2D eigenvalue weighted by atomic mass is 10.1. The summed E-state index contributed by atoms with van der Waals surface area (Å²) in [6.07, 6.45) is 6.81. The zero-order valence-electron chi connectivity index (χ0n) is 15.8. The van der Waals surface area contributed by atoms with Crippen LogP contribution in [0, 0.1) is 6.92 Å². The lowest BCUT2D eigenvalue weighted by Crippen LogP contribution is -2.30. The molecule has 8 heteroatoms. The minimum Gasteiger partial charge on any atom is -0.331 e. The molecular formula is C20H21N5O2S. The quantitative estimate of drug-likeness (QED) is 0.734. The molecule has 1 aliphatic heterocycles. The molecule has 7 nitrogen and oxygen atoms in total. The summed E-state index contributed by atoms with van der Waals surface area (Å²) in [5.74, 6) is 0.478. The molecule has 1 atom stereocenters. The van der Waals surface area contributed by atoms with Crippen LogP contribution in [-0.2, 0) is 7.05 Å². The molecule has 4 heterocycles. The Morgan fingerprint density at radius 2 is 2.07 bits per heavy atom. The van der Waals surface area contributed by atoms with Crippen LogP contribution in [0.2, 0.25) is 0 Å². The number of hydrogen-bond acceptors (Lipinski definition) is 5. The number of nitrogens with zero attached hydrogens (tertiary/aromatic N) is 4. The van der Waals surface area contributed by atoms with Gasteiger partial charge in [-0.05, 0) is 43.5 Å². The van der Waals surface area contributed by atoms with E-state index in [0.717, 1.165) is 23.3 Å². The van der Waals surface area contributed by atoms with Crippen molar-refractivity contribution in [3.8, 4) is 0 Å². The Kier molecular flexibility index (Phi) is 4.95. The lowest BCUT2D eigenvalue weighted by molar-refractivity contribution is 0.0736. The molecule has 0 aliphatic carbocycles. The van der Waals surface area contributed by atoms with Gasteiger partial charge in [0, 0.05) is 36.9 Å². The van der Waals surface area contributed by atoms with E-state index >= 15 is 0 Å². The van der Waals surface area contributed by atoms with E-state index in [1.165, 1.54) is 11.3 Å². The number of likely N-dealkylation sites (tertiary alicyclic amines) is 1. The van der Waals surface area contributed by atoms with Crippen LogP contribution in [0.5, 0.6) is 0 Å². The monoisotopic (exact) mass is 395 g/mol. The van der Waals surface area contributed by atoms with Crippen LogP contribution in [-0.4, -0.2) is 38.0 Å². The molecule has 1 fully saturated rings. The number of pyridine rings is 1. The summed E-state index contributed by atoms with van der Waals surface area (Å²) in [5.41, 5.74) is 1.56. The molecule has 1 saturated heterocycles. The van der Waals surface area contributed by atoms with Crippen molar-refractivity contribution in [1.29, 1.82) is 0 Å². The minimum absolute atomic E-state index is 0.00221. The molecule has 1 aliphatic rings. The van der Waals surface area contributed by atoms with E-state index in [0.29, 0.717) is 22.8 Å². The molecule has 3 aromatic rings. The fourth-order valence-corrected chi connectivity index (χ4v) is 4.53. The van der Waals surface area contributed by atoms with Crippen molar-refractivity contribution < 1.29 is 9.59 Å². The average molecular weight is 395 g/mol. The van der Waals surface area contributed by atoms with E-state index < -0.39 is 0 Å². The molecule has 0 spiro atoms. The van der Waals surface area contributed by atoms with E-state index in [9.17, 15) is 9.59 Å². The molecule has 28 heavy (non-hydrogen) atoms. The molecule has 0 saturated carbocycles. The molecule has 0 radical (unpaired) electrons. The number of amides is 2. The summed E-state index contributed by atoms with van der Waals surface area (Å²) < 4.78 is 1.61. The van der Waals surface area contributed by atoms with Gasteiger partial charge in [-0.3, -0.25) is 19.3 Å². The second-order valence-corrected chi connectivity index (χ2v) is 7.96. The van der Waals surface area contributed by atoms with Crippen molar-refractivity contribution in [2.45, 2.75) is 25.8 Å². The number of carbonyl (C=O) groups is 2. The van der Waals surface area contributed by atoms with Crippen molar-refractivity contribution in [2.75, 3.05) is 11.9 Å². The van der Waals surface area contributed by atoms with Gasteiger partial charge in [0.05, 0.1) is 22.7 Å². The third-order valence-electron chi connectivity index (χ3n) is 5.02.